The highest BCUT2D eigenvalue weighted by atomic mass is 16.4. The van der Waals surface area contributed by atoms with Gasteiger partial charge in [0.1, 0.15) is 0 Å². The molecule has 0 unspecified atom stereocenters. The zero-order valence-corrected chi connectivity index (χ0v) is 10.7. The van der Waals surface area contributed by atoms with E-state index in [-0.39, 0.29) is 12.6 Å². The Labute approximate surface area is 107 Å². The third-order valence-electron chi connectivity index (χ3n) is 4.17. The molecule has 0 saturated heterocycles. The average Bonchev–Trinajstić information content (AvgIpc) is 3.16. The number of urea groups is 1. The first-order valence-corrected chi connectivity index (χ1v) is 6.87. The number of hydrogen-bond donors (Lipinski definition) is 3. The Bertz CT molecular complexity index is 320. The van der Waals surface area contributed by atoms with Crippen molar-refractivity contribution < 1.29 is 14.7 Å². The lowest BCUT2D eigenvalue weighted by atomic mass is 9.89. The second-order valence-corrected chi connectivity index (χ2v) is 5.65. The molecule has 5 heteroatoms. The van der Waals surface area contributed by atoms with Crippen LogP contribution in [0.15, 0.2) is 0 Å². The minimum atomic E-state index is -0.796. The number of hydrogen-bond acceptors (Lipinski definition) is 2. The zero-order valence-electron chi connectivity index (χ0n) is 10.7. The second kappa shape index (κ2) is 5.59. The summed E-state index contributed by atoms with van der Waals surface area (Å²) in [6.07, 6.45) is 7.56. The summed E-state index contributed by atoms with van der Waals surface area (Å²) >= 11 is 0. The van der Waals surface area contributed by atoms with Crippen LogP contribution in [-0.4, -0.2) is 30.2 Å². The summed E-state index contributed by atoms with van der Waals surface area (Å²) in [5, 5.41) is 14.5. The van der Waals surface area contributed by atoms with Gasteiger partial charge in [-0.15, -0.1) is 0 Å². The molecular formula is C13H22N2O3. The number of carboxylic acid groups (broad SMARTS) is 1. The number of aliphatic carboxylic acids is 1. The van der Waals surface area contributed by atoms with Gasteiger partial charge in [-0.1, -0.05) is 19.3 Å². The quantitative estimate of drug-likeness (QED) is 0.699. The van der Waals surface area contributed by atoms with Crippen LogP contribution in [-0.2, 0) is 4.79 Å². The van der Waals surface area contributed by atoms with E-state index in [1.807, 2.05) is 0 Å². The summed E-state index contributed by atoms with van der Waals surface area (Å²) in [7, 11) is 0. The minimum Gasteiger partial charge on any atom is -0.481 e. The highest BCUT2D eigenvalue weighted by Crippen LogP contribution is 2.45. The molecule has 2 aliphatic carbocycles. The molecule has 0 spiro atoms. The van der Waals surface area contributed by atoms with Gasteiger partial charge in [-0.25, -0.2) is 4.79 Å². The largest absolute Gasteiger partial charge is 0.481 e. The molecule has 2 rings (SSSR count). The number of amides is 2. The first kappa shape index (κ1) is 13.2. The fourth-order valence-electron chi connectivity index (χ4n) is 2.56. The first-order chi connectivity index (χ1) is 8.62. The van der Waals surface area contributed by atoms with E-state index < -0.39 is 11.4 Å². The number of rotatable bonds is 5. The second-order valence-electron chi connectivity index (χ2n) is 5.65. The molecule has 2 fully saturated rings. The normalized spacial score (nSPS) is 22.2. The Morgan fingerprint density at radius 3 is 2.33 bits per heavy atom. The van der Waals surface area contributed by atoms with Gasteiger partial charge in [0.15, 0.2) is 0 Å². The van der Waals surface area contributed by atoms with Crippen molar-refractivity contribution in [2.45, 2.75) is 44.9 Å². The van der Waals surface area contributed by atoms with Crippen LogP contribution in [0.5, 0.6) is 0 Å². The van der Waals surface area contributed by atoms with Crippen molar-refractivity contribution in [3.8, 4) is 0 Å². The fourth-order valence-corrected chi connectivity index (χ4v) is 2.56. The summed E-state index contributed by atoms with van der Waals surface area (Å²) < 4.78 is 0. The third-order valence-corrected chi connectivity index (χ3v) is 4.17. The van der Waals surface area contributed by atoms with E-state index in [9.17, 15) is 9.59 Å². The van der Waals surface area contributed by atoms with Gasteiger partial charge in [0.2, 0.25) is 0 Å². The van der Waals surface area contributed by atoms with Gasteiger partial charge < -0.3 is 15.7 Å². The lowest BCUT2D eigenvalue weighted by Crippen LogP contribution is -2.42. The smallest absolute Gasteiger partial charge is 0.314 e. The Morgan fingerprint density at radius 1 is 1.11 bits per heavy atom. The number of carbonyl (C=O) groups excluding carboxylic acids is 1. The van der Waals surface area contributed by atoms with E-state index in [4.69, 9.17) is 5.11 Å². The molecule has 5 nitrogen and oxygen atoms in total. The van der Waals surface area contributed by atoms with Crippen molar-refractivity contribution in [1.29, 1.82) is 0 Å². The number of carbonyl (C=O) groups is 2. The maximum absolute atomic E-state index is 11.6. The Hall–Kier alpha value is -1.26. The minimum absolute atomic E-state index is 0.229. The zero-order chi connectivity index (χ0) is 13.0. The summed E-state index contributed by atoms with van der Waals surface area (Å²) in [5.41, 5.74) is -0.678. The predicted octanol–water partition coefficient (Wildman–Crippen LogP) is 1.73. The topological polar surface area (TPSA) is 78.4 Å². The summed E-state index contributed by atoms with van der Waals surface area (Å²) in [6.45, 7) is 0.963. The van der Waals surface area contributed by atoms with Crippen molar-refractivity contribution in [1.82, 2.24) is 10.6 Å². The van der Waals surface area contributed by atoms with Crippen LogP contribution in [0.25, 0.3) is 0 Å². The maximum atomic E-state index is 11.6. The third kappa shape index (κ3) is 3.37. The van der Waals surface area contributed by atoms with Crippen LogP contribution < -0.4 is 10.6 Å². The molecule has 0 aliphatic heterocycles. The average molecular weight is 254 g/mol. The summed E-state index contributed by atoms with van der Waals surface area (Å²) in [6, 6.07) is -0.229. The molecule has 0 atom stereocenters. The number of nitrogens with one attached hydrogen (secondary N) is 2. The van der Waals surface area contributed by atoms with Crippen molar-refractivity contribution in [3.63, 3.8) is 0 Å². The molecule has 2 saturated carbocycles. The lowest BCUT2D eigenvalue weighted by molar-refractivity contribution is -0.143. The highest BCUT2D eigenvalue weighted by molar-refractivity contribution is 5.80. The molecule has 2 aliphatic rings. The van der Waals surface area contributed by atoms with Gasteiger partial charge in [-0.3, -0.25) is 4.79 Å². The van der Waals surface area contributed by atoms with E-state index in [0.717, 1.165) is 0 Å². The standard InChI is InChI=1S/C13H22N2O3/c16-11(17)13(6-7-13)9-15-12(18)14-8-10-4-2-1-3-5-10/h10H,1-9H2,(H,16,17)(H2,14,15,18). The van der Waals surface area contributed by atoms with Crippen LogP contribution >= 0.6 is 0 Å². The van der Waals surface area contributed by atoms with Crippen LogP contribution in [0.4, 0.5) is 4.79 Å². The van der Waals surface area contributed by atoms with Crippen molar-refractivity contribution >= 4 is 12.0 Å². The molecule has 0 aromatic rings. The fraction of sp³-hybridized carbons (Fsp3) is 0.846. The van der Waals surface area contributed by atoms with Crippen molar-refractivity contribution in [2.24, 2.45) is 11.3 Å². The lowest BCUT2D eigenvalue weighted by Gasteiger charge is -2.22. The SMILES string of the molecule is O=C(NCC1CCCCC1)NCC1(C(=O)O)CC1. The van der Waals surface area contributed by atoms with E-state index in [0.29, 0.717) is 25.3 Å². The van der Waals surface area contributed by atoms with E-state index in [1.165, 1.54) is 32.1 Å². The van der Waals surface area contributed by atoms with Gasteiger partial charge in [0, 0.05) is 13.1 Å². The summed E-state index contributed by atoms with van der Waals surface area (Å²) in [5.74, 6) is -0.200. The van der Waals surface area contributed by atoms with Crippen LogP contribution in [0, 0.1) is 11.3 Å². The molecule has 0 aromatic carbocycles. The van der Waals surface area contributed by atoms with Gasteiger partial charge >= 0.3 is 12.0 Å². The van der Waals surface area contributed by atoms with Gasteiger partial charge in [0.05, 0.1) is 5.41 Å². The Balaban J connectivity index is 1.62. The molecule has 0 aromatic heterocycles. The molecule has 0 heterocycles. The van der Waals surface area contributed by atoms with Crippen LogP contribution in [0.1, 0.15) is 44.9 Å². The van der Waals surface area contributed by atoms with Crippen LogP contribution in [0.3, 0.4) is 0 Å². The maximum Gasteiger partial charge on any atom is 0.314 e. The Kier molecular flexibility index (Phi) is 4.09. The molecule has 3 N–H and O–H groups in total. The van der Waals surface area contributed by atoms with Crippen molar-refractivity contribution in [3.05, 3.63) is 0 Å². The molecule has 2 amide bonds. The van der Waals surface area contributed by atoms with Gasteiger partial charge in [-0.2, -0.15) is 0 Å². The molecule has 102 valence electrons. The van der Waals surface area contributed by atoms with Crippen LogP contribution in [0.2, 0.25) is 0 Å². The molecule has 18 heavy (non-hydrogen) atoms. The predicted molar refractivity (Wildman–Crippen MR) is 67.3 cm³/mol. The summed E-state index contributed by atoms with van der Waals surface area (Å²) in [4.78, 5) is 22.5. The first-order valence-electron chi connectivity index (χ1n) is 6.87. The highest BCUT2D eigenvalue weighted by Gasteiger charge is 2.50. The van der Waals surface area contributed by atoms with E-state index >= 15 is 0 Å². The van der Waals surface area contributed by atoms with Gasteiger partial charge in [0.25, 0.3) is 0 Å². The number of carboxylic acids is 1. The molecule has 0 radical (unpaired) electrons. The monoisotopic (exact) mass is 254 g/mol. The molecular weight excluding hydrogens is 232 g/mol. The van der Waals surface area contributed by atoms with E-state index in [2.05, 4.69) is 10.6 Å². The Morgan fingerprint density at radius 2 is 1.78 bits per heavy atom. The van der Waals surface area contributed by atoms with Crippen molar-refractivity contribution in [2.75, 3.05) is 13.1 Å². The molecule has 0 bridgehead atoms. The van der Waals surface area contributed by atoms with E-state index in [1.54, 1.807) is 0 Å². The van der Waals surface area contributed by atoms with Gasteiger partial charge in [-0.05, 0) is 31.6 Å².